The fraction of sp³-hybridized carbons (Fsp3) is 0.241. The van der Waals surface area contributed by atoms with E-state index in [0.29, 0.717) is 11.5 Å². The minimum absolute atomic E-state index is 0.0284. The van der Waals surface area contributed by atoms with Crippen LogP contribution in [-0.2, 0) is 6.42 Å². The summed E-state index contributed by atoms with van der Waals surface area (Å²) in [5, 5.41) is 24.4. The highest BCUT2D eigenvalue weighted by atomic mass is 127. The molecule has 172 valence electrons. The first-order chi connectivity index (χ1) is 16.4. The minimum atomic E-state index is -1.12. The zero-order valence-electron chi connectivity index (χ0n) is 18.8. The summed E-state index contributed by atoms with van der Waals surface area (Å²) in [6.07, 6.45) is 9.14. The van der Waals surface area contributed by atoms with Crippen molar-refractivity contribution in [2.75, 3.05) is 0 Å². The standard InChI is InChI=1S/C29H25IO4/c1-2-16-14-19-15-18(27(30)26-23(28(31)32)8-5-9-24(26)29(33)34)11-12-20(19)22-13-10-17-6-3-4-7-21(17)25(16)22/h5-6,8-16,27H,2-4,7H2,1H3,(H,31,32)(H,33,34). The molecular formula is C29H25IO4. The number of carboxylic acid groups (broad SMARTS) is 2. The van der Waals surface area contributed by atoms with Gasteiger partial charge in [-0.2, -0.15) is 0 Å². The smallest absolute Gasteiger partial charge is 0.336 e. The Bertz CT molecular complexity index is 1520. The van der Waals surface area contributed by atoms with Gasteiger partial charge in [-0.15, -0.1) is 0 Å². The molecule has 0 saturated carbocycles. The number of halogens is 1. The molecule has 0 aliphatic heterocycles. The van der Waals surface area contributed by atoms with Crippen LogP contribution in [-0.4, -0.2) is 22.2 Å². The molecule has 0 saturated heterocycles. The molecule has 3 aromatic carbocycles. The summed E-state index contributed by atoms with van der Waals surface area (Å²) in [4.78, 5) is 23.8. The average molecular weight is 564 g/mol. The van der Waals surface area contributed by atoms with Crippen LogP contribution in [0.2, 0.25) is 0 Å². The van der Waals surface area contributed by atoms with Gasteiger partial charge in [0.1, 0.15) is 0 Å². The molecule has 4 nitrogen and oxygen atoms in total. The van der Waals surface area contributed by atoms with Gasteiger partial charge in [0.05, 0.1) is 15.1 Å². The topological polar surface area (TPSA) is 74.6 Å². The van der Waals surface area contributed by atoms with Gasteiger partial charge in [0.25, 0.3) is 0 Å². The van der Waals surface area contributed by atoms with Crippen molar-refractivity contribution in [2.45, 2.75) is 42.4 Å². The quantitative estimate of drug-likeness (QED) is 0.326. The third-order valence-corrected chi connectivity index (χ3v) is 8.40. The van der Waals surface area contributed by atoms with E-state index in [1.54, 1.807) is 0 Å². The number of hydrogen-bond acceptors (Lipinski definition) is 2. The molecule has 2 atom stereocenters. The molecule has 2 unspecified atom stereocenters. The zero-order valence-corrected chi connectivity index (χ0v) is 21.0. The van der Waals surface area contributed by atoms with Crippen LogP contribution < -0.4 is 10.4 Å². The molecule has 5 rings (SSSR count). The number of carboxylic acids is 2. The molecule has 3 aromatic rings. The highest BCUT2D eigenvalue weighted by Crippen LogP contribution is 2.36. The second-order valence-electron chi connectivity index (χ2n) is 8.96. The average Bonchev–Trinajstić information content (AvgIpc) is 2.86. The maximum absolute atomic E-state index is 11.9. The third kappa shape index (κ3) is 3.76. The lowest BCUT2D eigenvalue weighted by Gasteiger charge is -2.23. The largest absolute Gasteiger partial charge is 0.478 e. The molecule has 0 aromatic heterocycles. The lowest BCUT2D eigenvalue weighted by atomic mass is 9.81. The highest BCUT2D eigenvalue weighted by molar-refractivity contribution is 14.1. The molecule has 0 spiro atoms. The van der Waals surface area contributed by atoms with Crippen LogP contribution in [0.15, 0.2) is 48.5 Å². The zero-order chi connectivity index (χ0) is 24.0. The Morgan fingerprint density at radius 2 is 1.71 bits per heavy atom. The first-order valence-electron chi connectivity index (χ1n) is 11.6. The van der Waals surface area contributed by atoms with Crippen molar-refractivity contribution in [1.82, 2.24) is 0 Å². The van der Waals surface area contributed by atoms with Gasteiger partial charge in [0, 0.05) is 5.92 Å². The van der Waals surface area contributed by atoms with E-state index >= 15 is 0 Å². The number of fused-ring (bicyclic) bond motifs is 4. The fourth-order valence-electron chi connectivity index (χ4n) is 5.47. The molecule has 0 fully saturated rings. The van der Waals surface area contributed by atoms with Gasteiger partial charge in [-0.1, -0.05) is 78.1 Å². The molecule has 0 bridgehead atoms. The number of alkyl halides is 1. The Balaban J connectivity index is 1.74. The first kappa shape index (κ1) is 22.8. The predicted octanol–water partition coefficient (Wildman–Crippen LogP) is 5.30. The van der Waals surface area contributed by atoms with Crippen molar-refractivity contribution < 1.29 is 19.8 Å². The third-order valence-electron chi connectivity index (χ3n) is 7.06. The maximum atomic E-state index is 11.9. The second kappa shape index (κ2) is 9.02. The van der Waals surface area contributed by atoms with E-state index in [-0.39, 0.29) is 11.1 Å². The lowest BCUT2D eigenvalue weighted by molar-refractivity contribution is 0.0696. The molecule has 2 N–H and O–H groups in total. The van der Waals surface area contributed by atoms with E-state index in [0.717, 1.165) is 30.0 Å². The summed E-state index contributed by atoms with van der Waals surface area (Å²) in [7, 11) is 0. The summed E-state index contributed by atoms with van der Waals surface area (Å²) in [6, 6.07) is 15.2. The van der Waals surface area contributed by atoms with Crippen molar-refractivity contribution in [3.05, 3.63) is 103 Å². The number of hydrogen-bond donors (Lipinski definition) is 2. The Hall–Kier alpha value is -2.93. The number of carbonyl (C=O) groups is 2. The Morgan fingerprint density at radius 3 is 2.38 bits per heavy atom. The summed E-state index contributed by atoms with van der Waals surface area (Å²) in [5.41, 5.74) is 4.22. The molecule has 34 heavy (non-hydrogen) atoms. The van der Waals surface area contributed by atoms with Crippen LogP contribution in [0, 0.1) is 10.4 Å². The van der Waals surface area contributed by atoms with Crippen LogP contribution in [0.3, 0.4) is 0 Å². The van der Waals surface area contributed by atoms with Gasteiger partial charge >= 0.3 is 11.9 Å². The summed E-state index contributed by atoms with van der Waals surface area (Å²) < 4.78 is -0.408. The Kier molecular flexibility index (Phi) is 6.06. The highest BCUT2D eigenvalue weighted by Gasteiger charge is 2.25. The van der Waals surface area contributed by atoms with E-state index in [2.05, 4.69) is 65.9 Å². The van der Waals surface area contributed by atoms with Crippen LogP contribution in [0.25, 0.3) is 12.2 Å². The Morgan fingerprint density at radius 1 is 1.00 bits per heavy atom. The van der Waals surface area contributed by atoms with Crippen LogP contribution in [0.5, 0.6) is 0 Å². The van der Waals surface area contributed by atoms with Crippen molar-refractivity contribution in [3.8, 4) is 0 Å². The van der Waals surface area contributed by atoms with Gasteiger partial charge in [0.2, 0.25) is 0 Å². The minimum Gasteiger partial charge on any atom is -0.478 e. The number of rotatable bonds is 5. The van der Waals surface area contributed by atoms with Gasteiger partial charge < -0.3 is 10.2 Å². The fourth-order valence-corrected chi connectivity index (χ4v) is 6.53. The van der Waals surface area contributed by atoms with Crippen molar-refractivity contribution in [3.63, 3.8) is 0 Å². The SMILES string of the molecule is CCC1C=c2cc(C(I)c3c(C(=O)O)cccc3C(=O)O)ccc2=c2ccc3c(c21)CCCC=3. The van der Waals surface area contributed by atoms with Crippen LogP contribution in [0.1, 0.15) is 79.0 Å². The first-order valence-corrected chi connectivity index (χ1v) is 12.9. The van der Waals surface area contributed by atoms with Crippen molar-refractivity contribution >= 4 is 46.7 Å². The molecule has 0 amide bonds. The normalized spacial score (nSPS) is 16.8. The van der Waals surface area contributed by atoms with E-state index < -0.39 is 15.9 Å². The summed E-state index contributed by atoms with van der Waals surface area (Å²) >= 11 is 2.16. The molecule has 0 radical (unpaired) electrons. The second-order valence-corrected chi connectivity index (χ2v) is 10.2. The monoisotopic (exact) mass is 564 g/mol. The molecule has 2 aliphatic rings. The number of benzene rings is 3. The summed E-state index contributed by atoms with van der Waals surface area (Å²) in [6.45, 7) is 2.22. The van der Waals surface area contributed by atoms with Crippen LogP contribution >= 0.6 is 22.6 Å². The van der Waals surface area contributed by atoms with E-state index in [1.807, 2.05) is 6.07 Å². The summed E-state index contributed by atoms with van der Waals surface area (Å²) in [5.74, 6) is -1.91. The Labute approximate surface area is 211 Å². The van der Waals surface area contributed by atoms with Crippen molar-refractivity contribution in [1.29, 1.82) is 0 Å². The van der Waals surface area contributed by atoms with Gasteiger partial charge in [0.15, 0.2) is 0 Å². The van der Waals surface area contributed by atoms with Gasteiger partial charge in [-0.25, -0.2) is 9.59 Å². The lowest BCUT2D eigenvalue weighted by Crippen LogP contribution is -2.22. The van der Waals surface area contributed by atoms with Gasteiger partial charge in [-0.3, -0.25) is 0 Å². The van der Waals surface area contributed by atoms with Crippen molar-refractivity contribution in [2.24, 2.45) is 0 Å². The predicted molar refractivity (Wildman–Crippen MR) is 141 cm³/mol. The number of aromatic carboxylic acids is 2. The van der Waals surface area contributed by atoms with E-state index in [4.69, 9.17) is 0 Å². The van der Waals surface area contributed by atoms with E-state index in [1.165, 1.54) is 51.4 Å². The molecule has 0 heterocycles. The molecule has 2 aliphatic carbocycles. The van der Waals surface area contributed by atoms with Gasteiger partial charge in [-0.05, 0) is 80.9 Å². The van der Waals surface area contributed by atoms with Crippen LogP contribution in [0.4, 0.5) is 0 Å². The molecule has 5 heteroatoms. The molecular weight excluding hydrogens is 539 g/mol. The van der Waals surface area contributed by atoms with E-state index in [9.17, 15) is 19.8 Å². The maximum Gasteiger partial charge on any atom is 0.336 e.